The van der Waals surface area contributed by atoms with Crippen LogP contribution in [0.1, 0.15) is 11.4 Å². The van der Waals surface area contributed by atoms with Crippen molar-refractivity contribution in [1.29, 1.82) is 0 Å². The number of benzene rings is 1. The van der Waals surface area contributed by atoms with E-state index in [-0.39, 0.29) is 5.84 Å². The molecular weight excluding hydrogens is 266 g/mol. The van der Waals surface area contributed by atoms with Gasteiger partial charge in [0.25, 0.3) is 0 Å². The maximum absolute atomic E-state index is 8.78. The summed E-state index contributed by atoms with van der Waals surface area (Å²) >= 11 is 0. The van der Waals surface area contributed by atoms with Crippen LogP contribution in [-0.4, -0.2) is 25.2 Å². The van der Waals surface area contributed by atoms with Crippen LogP contribution in [0.25, 0.3) is 10.9 Å². The molecule has 21 heavy (non-hydrogen) atoms. The number of aryl methyl sites for hydroxylation is 3. The second-order valence-electron chi connectivity index (χ2n) is 4.94. The summed E-state index contributed by atoms with van der Waals surface area (Å²) in [5.41, 5.74) is 7.43. The first-order chi connectivity index (χ1) is 10.2. The Bertz CT molecular complexity index is 799. The highest BCUT2D eigenvalue weighted by molar-refractivity contribution is 6.00. The molecule has 0 saturated heterocycles. The fourth-order valence-electron chi connectivity index (χ4n) is 2.45. The molecule has 2 heterocycles. The number of hydrogen-bond donors (Lipinski definition) is 2. The van der Waals surface area contributed by atoms with Crippen molar-refractivity contribution in [3.8, 4) is 0 Å². The van der Waals surface area contributed by atoms with Crippen LogP contribution in [0, 0.1) is 6.92 Å². The minimum Gasteiger partial charge on any atom is -0.409 e. The molecule has 0 bridgehead atoms. The highest BCUT2D eigenvalue weighted by Gasteiger charge is 2.06. The zero-order valence-corrected chi connectivity index (χ0v) is 11.8. The molecule has 6 nitrogen and oxygen atoms in total. The molecule has 3 aromatic rings. The molecule has 6 heteroatoms. The number of nitrogens with two attached hydrogens (primary N) is 1. The fraction of sp³-hybridized carbons (Fsp3) is 0.200. The van der Waals surface area contributed by atoms with Gasteiger partial charge in [-0.1, -0.05) is 17.3 Å². The van der Waals surface area contributed by atoms with Crippen molar-refractivity contribution < 1.29 is 5.21 Å². The first kappa shape index (κ1) is 13.2. The van der Waals surface area contributed by atoms with Crippen LogP contribution in [0.2, 0.25) is 0 Å². The van der Waals surface area contributed by atoms with Gasteiger partial charge < -0.3 is 20.1 Å². The smallest absolute Gasteiger partial charge is 0.170 e. The number of rotatable bonds is 4. The minimum absolute atomic E-state index is 0.120. The lowest BCUT2D eigenvalue weighted by atomic mass is 10.1. The molecule has 108 valence electrons. The summed E-state index contributed by atoms with van der Waals surface area (Å²) in [6.07, 6.45) is 5.83. The maximum Gasteiger partial charge on any atom is 0.170 e. The summed E-state index contributed by atoms with van der Waals surface area (Å²) in [7, 11) is 0. The Morgan fingerprint density at radius 3 is 2.76 bits per heavy atom. The van der Waals surface area contributed by atoms with E-state index in [9.17, 15) is 0 Å². The SMILES string of the molecule is Cc1nccn1CCn1ccc2ccc(/C(N)=N/O)cc21. The largest absolute Gasteiger partial charge is 0.409 e. The van der Waals surface area contributed by atoms with Gasteiger partial charge in [0.2, 0.25) is 0 Å². The van der Waals surface area contributed by atoms with Crippen LogP contribution in [0.15, 0.2) is 48.0 Å². The number of aromatic nitrogens is 3. The van der Waals surface area contributed by atoms with E-state index >= 15 is 0 Å². The number of nitrogens with zero attached hydrogens (tertiary/aromatic N) is 4. The normalized spacial score (nSPS) is 12.1. The van der Waals surface area contributed by atoms with E-state index in [0.29, 0.717) is 5.56 Å². The molecule has 0 atom stereocenters. The van der Waals surface area contributed by atoms with Gasteiger partial charge in [-0.2, -0.15) is 0 Å². The van der Waals surface area contributed by atoms with E-state index in [1.54, 1.807) is 6.20 Å². The van der Waals surface area contributed by atoms with Crippen molar-refractivity contribution in [3.63, 3.8) is 0 Å². The first-order valence-corrected chi connectivity index (χ1v) is 6.73. The van der Waals surface area contributed by atoms with E-state index in [1.807, 2.05) is 37.5 Å². The lowest BCUT2D eigenvalue weighted by Gasteiger charge is -2.08. The highest BCUT2D eigenvalue weighted by atomic mass is 16.4. The first-order valence-electron chi connectivity index (χ1n) is 6.73. The van der Waals surface area contributed by atoms with Gasteiger partial charge in [0, 0.05) is 42.8 Å². The molecule has 0 amide bonds. The Hall–Kier alpha value is -2.76. The van der Waals surface area contributed by atoms with Crippen molar-refractivity contribution in [2.75, 3.05) is 0 Å². The van der Waals surface area contributed by atoms with Gasteiger partial charge >= 0.3 is 0 Å². The van der Waals surface area contributed by atoms with Crippen LogP contribution in [0.5, 0.6) is 0 Å². The predicted octanol–water partition coefficient (Wildman–Crippen LogP) is 1.94. The summed E-state index contributed by atoms with van der Waals surface area (Å²) in [5.74, 6) is 1.12. The average molecular weight is 283 g/mol. The Labute approximate surface area is 122 Å². The minimum atomic E-state index is 0.120. The van der Waals surface area contributed by atoms with E-state index in [1.165, 1.54) is 0 Å². The zero-order valence-electron chi connectivity index (χ0n) is 11.8. The number of imidazole rings is 1. The van der Waals surface area contributed by atoms with E-state index in [0.717, 1.165) is 29.8 Å². The third kappa shape index (κ3) is 2.47. The Morgan fingerprint density at radius 2 is 2.05 bits per heavy atom. The molecule has 3 rings (SSSR count). The van der Waals surface area contributed by atoms with Crippen molar-refractivity contribution in [3.05, 3.63) is 54.2 Å². The quantitative estimate of drug-likeness (QED) is 0.332. The Balaban J connectivity index is 1.90. The molecule has 0 fully saturated rings. The summed E-state index contributed by atoms with van der Waals surface area (Å²) in [5, 5.41) is 13.0. The molecule has 0 aliphatic heterocycles. The zero-order chi connectivity index (χ0) is 14.8. The van der Waals surface area contributed by atoms with Gasteiger partial charge in [0.1, 0.15) is 5.82 Å². The lowest BCUT2D eigenvalue weighted by molar-refractivity contribution is 0.318. The highest BCUT2D eigenvalue weighted by Crippen LogP contribution is 2.18. The van der Waals surface area contributed by atoms with E-state index < -0.39 is 0 Å². The molecular formula is C15H17N5O. The number of amidine groups is 1. The van der Waals surface area contributed by atoms with E-state index in [2.05, 4.69) is 25.3 Å². The Kier molecular flexibility index (Phi) is 3.35. The molecule has 0 unspecified atom stereocenters. The molecule has 0 aliphatic carbocycles. The molecule has 2 aromatic heterocycles. The van der Waals surface area contributed by atoms with Gasteiger partial charge in [-0.15, -0.1) is 0 Å². The third-order valence-corrected chi connectivity index (χ3v) is 3.68. The standard InChI is InChI=1S/C15H17N5O/c1-11-17-5-7-19(11)8-9-20-6-4-12-2-3-13(10-14(12)20)15(16)18-21/h2-7,10,21H,8-9H2,1H3,(H2,16,18). The van der Waals surface area contributed by atoms with Gasteiger partial charge in [0.15, 0.2) is 5.84 Å². The van der Waals surface area contributed by atoms with Gasteiger partial charge in [0.05, 0.1) is 0 Å². The van der Waals surface area contributed by atoms with E-state index in [4.69, 9.17) is 10.9 Å². The number of hydrogen-bond acceptors (Lipinski definition) is 3. The number of oxime groups is 1. The van der Waals surface area contributed by atoms with Crippen molar-refractivity contribution in [2.24, 2.45) is 10.9 Å². The Morgan fingerprint density at radius 1 is 1.24 bits per heavy atom. The van der Waals surface area contributed by atoms with Gasteiger partial charge in [-0.3, -0.25) is 0 Å². The molecule has 1 aromatic carbocycles. The van der Waals surface area contributed by atoms with Crippen LogP contribution >= 0.6 is 0 Å². The van der Waals surface area contributed by atoms with Crippen molar-refractivity contribution in [1.82, 2.24) is 14.1 Å². The number of fused-ring (bicyclic) bond motifs is 1. The molecule has 0 spiro atoms. The molecule has 0 radical (unpaired) electrons. The predicted molar refractivity (Wildman–Crippen MR) is 81.4 cm³/mol. The second-order valence-corrected chi connectivity index (χ2v) is 4.94. The van der Waals surface area contributed by atoms with Crippen molar-refractivity contribution >= 4 is 16.7 Å². The maximum atomic E-state index is 8.78. The third-order valence-electron chi connectivity index (χ3n) is 3.68. The fourth-order valence-corrected chi connectivity index (χ4v) is 2.45. The molecule has 3 N–H and O–H groups in total. The van der Waals surface area contributed by atoms with Crippen LogP contribution < -0.4 is 5.73 Å². The second kappa shape index (κ2) is 5.32. The van der Waals surface area contributed by atoms with Crippen LogP contribution in [0.4, 0.5) is 0 Å². The summed E-state index contributed by atoms with van der Waals surface area (Å²) in [6.45, 7) is 3.67. The summed E-state index contributed by atoms with van der Waals surface area (Å²) < 4.78 is 4.27. The van der Waals surface area contributed by atoms with Gasteiger partial charge in [-0.25, -0.2) is 4.98 Å². The summed E-state index contributed by atoms with van der Waals surface area (Å²) in [6, 6.07) is 7.82. The monoisotopic (exact) mass is 283 g/mol. The molecule has 0 saturated carbocycles. The lowest BCUT2D eigenvalue weighted by Crippen LogP contribution is -2.13. The van der Waals surface area contributed by atoms with Crippen LogP contribution in [0.3, 0.4) is 0 Å². The average Bonchev–Trinajstić information content (AvgIpc) is 3.10. The van der Waals surface area contributed by atoms with Gasteiger partial charge in [-0.05, 0) is 24.4 Å². The molecule has 0 aliphatic rings. The topological polar surface area (TPSA) is 81.4 Å². The van der Waals surface area contributed by atoms with Crippen molar-refractivity contribution in [2.45, 2.75) is 20.0 Å². The van der Waals surface area contributed by atoms with Crippen LogP contribution in [-0.2, 0) is 13.1 Å². The summed E-state index contributed by atoms with van der Waals surface area (Å²) in [4.78, 5) is 4.22.